The number of rotatable bonds is 10. The number of fused-ring (bicyclic) bond motifs is 1. The fourth-order valence-corrected chi connectivity index (χ4v) is 3.64. The predicted octanol–water partition coefficient (Wildman–Crippen LogP) is 5.38. The van der Waals surface area contributed by atoms with Gasteiger partial charge < -0.3 is 14.6 Å². The molecule has 1 unspecified atom stereocenters. The van der Waals surface area contributed by atoms with E-state index >= 15 is 0 Å². The highest BCUT2D eigenvalue weighted by molar-refractivity contribution is 5.87. The first kappa shape index (κ1) is 21.6. The highest BCUT2D eigenvalue weighted by atomic mass is 16.5. The number of aromatic nitrogens is 2. The average molecular weight is 406 g/mol. The molecule has 5 nitrogen and oxygen atoms in total. The van der Waals surface area contributed by atoms with E-state index in [4.69, 9.17) is 9.72 Å². The topological polar surface area (TPSA) is 56.2 Å². The van der Waals surface area contributed by atoms with E-state index in [0.717, 1.165) is 42.0 Å². The second kappa shape index (κ2) is 10.1. The number of imidazole rings is 1. The number of hydrogen-bond donors (Lipinski definition) is 1. The molecular formula is C25H31N3O2. The third-order valence-electron chi connectivity index (χ3n) is 5.19. The zero-order valence-corrected chi connectivity index (χ0v) is 18.1. The van der Waals surface area contributed by atoms with E-state index in [1.165, 1.54) is 11.6 Å². The highest BCUT2D eigenvalue weighted by Crippen LogP contribution is 2.26. The minimum Gasteiger partial charge on any atom is -0.493 e. The Morgan fingerprint density at radius 1 is 1.13 bits per heavy atom. The molecule has 2 aromatic carbocycles. The maximum Gasteiger partial charge on any atom is 0.243 e. The van der Waals surface area contributed by atoms with Crippen LogP contribution in [0.4, 0.5) is 0 Å². The van der Waals surface area contributed by atoms with Gasteiger partial charge in [-0.15, -0.1) is 0 Å². The Hall–Kier alpha value is -3.08. The summed E-state index contributed by atoms with van der Waals surface area (Å²) in [6.07, 6.45) is 3.18. The number of carbonyl (C=O) groups excluding carboxylic acids is 1. The Labute approximate surface area is 178 Å². The molecule has 0 saturated heterocycles. The first-order chi connectivity index (χ1) is 14.5. The second-order valence-corrected chi connectivity index (χ2v) is 7.79. The van der Waals surface area contributed by atoms with Crippen LogP contribution in [0.3, 0.4) is 0 Å². The number of nitrogens with zero attached hydrogens (tertiary/aromatic N) is 2. The molecule has 1 amide bonds. The molecule has 1 atom stereocenters. The lowest BCUT2D eigenvalue weighted by atomic mass is 10.0. The first-order valence-corrected chi connectivity index (χ1v) is 10.6. The van der Waals surface area contributed by atoms with E-state index in [9.17, 15) is 4.79 Å². The van der Waals surface area contributed by atoms with Gasteiger partial charge in [0.05, 0.1) is 23.7 Å². The van der Waals surface area contributed by atoms with E-state index in [2.05, 4.69) is 48.5 Å². The van der Waals surface area contributed by atoms with Gasteiger partial charge in [0, 0.05) is 6.54 Å². The number of benzene rings is 2. The fourth-order valence-electron chi connectivity index (χ4n) is 3.64. The normalized spacial score (nSPS) is 12.1. The molecule has 0 aliphatic carbocycles. The molecule has 0 spiro atoms. The van der Waals surface area contributed by atoms with Crippen molar-refractivity contribution in [3.63, 3.8) is 0 Å². The van der Waals surface area contributed by atoms with Crippen molar-refractivity contribution in [1.29, 1.82) is 0 Å². The summed E-state index contributed by atoms with van der Waals surface area (Å²) in [6, 6.07) is 16.1. The van der Waals surface area contributed by atoms with Gasteiger partial charge >= 0.3 is 0 Å². The number of para-hydroxylation sites is 3. The number of nitrogens with one attached hydrogen (secondary N) is 1. The van der Waals surface area contributed by atoms with Crippen LogP contribution in [0.5, 0.6) is 5.75 Å². The minimum absolute atomic E-state index is 0.196. The molecule has 3 rings (SSSR count). The maximum atomic E-state index is 11.7. The molecule has 1 aromatic heterocycles. The van der Waals surface area contributed by atoms with Gasteiger partial charge in [0.15, 0.2) is 0 Å². The van der Waals surface area contributed by atoms with E-state index in [-0.39, 0.29) is 11.9 Å². The Balaban J connectivity index is 1.65. The van der Waals surface area contributed by atoms with Gasteiger partial charge in [-0.25, -0.2) is 4.98 Å². The van der Waals surface area contributed by atoms with Gasteiger partial charge in [0.1, 0.15) is 11.6 Å². The van der Waals surface area contributed by atoms with Crippen LogP contribution in [-0.4, -0.2) is 22.1 Å². The summed E-state index contributed by atoms with van der Waals surface area (Å²) >= 11 is 0. The summed E-state index contributed by atoms with van der Waals surface area (Å²) in [5, 5.41) is 2.92. The summed E-state index contributed by atoms with van der Waals surface area (Å²) < 4.78 is 8.26. The molecule has 0 aliphatic rings. The van der Waals surface area contributed by atoms with Gasteiger partial charge in [0.2, 0.25) is 5.91 Å². The number of aryl methyl sites for hydroxylation is 1. The molecule has 3 aromatic rings. The van der Waals surface area contributed by atoms with Crippen LogP contribution in [0.2, 0.25) is 0 Å². The summed E-state index contributed by atoms with van der Waals surface area (Å²) in [5.74, 6) is 2.08. The number of hydrogen-bond acceptors (Lipinski definition) is 3. The summed E-state index contributed by atoms with van der Waals surface area (Å²) in [4.78, 5) is 16.5. The molecule has 5 heteroatoms. The van der Waals surface area contributed by atoms with Crippen molar-refractivity contribution in [2.45, 2.75) is 52.1 Å². The molecule has 1 N–H and O–H groups in total. The molecule has 0 bridgehead atoms. The summed E-state index contributed by atoms with van der Waals surface area (Å²) in [5.41, 5.74) is 3.26. The van der Waals surface area contributed by atoms with Crippen molar-refractivity contribution in [2.75, 3.05) is 6.61 Å². The number of unbranched alkanes of at least 4 members (excludes halogenated alkanes) is 1. The second-order valence-electron chi connectivity index (χ2n) is 7.79. The van der Waals surface area contributed by atoms with Crippen LogP contribution in [-0.2, 0) is 11.3 Å². The average Bonchev–Trinajstić information content (AvgIpc) is 3.12. The quantitative estimate of drug-likeness (QED) is 0.364. The van der Waals surface area contributed by atoms with E-state index in [1.54, 1.807) is 0 Å². The third kappa shape index (κ3) is 5.09. The van der Waals surface area contributed by atoms with Crippen molar-refractivity contribution in [1.82, 2.24) is 14.9 Å². The lowest BCUT2D eigenvalue weighted by Crippen LogP contribution is -2.27. The van der Waals surface area contributed by atoms with Crippen LogP contribution < -0.4 is 10.1 Å². The molecule has 30 heavy (non-hydrogen) atoms. The molecule has 0 aliphatic heterocycles. The van der Waals surface area contributed by atoms with Gasteiger partial charge in [-0.2, -0.15) is 0 Å². The van der Waals surface area contributed by atoms with Gasteiger partial charge in [-0.05, 0) is 55.5 Å². The minimum atomic E-state index is -0.197. The summed E-state index contributed by atoms with van der Waals surface area (Å²) in [6.45, 7) is 11.3. The van der Waals surface area contributed by atoms with Crippen molar-refractivity contribution in [3.05, 3.63) is 72.6 Å². The third-order valence-corrected chi connectivity index (χ3v) is 5.19. The van der Waals surface area contributed by atoms with Gasteiger partial charge in [-0.1, -0.05) is 50.8 Å². The van der Waals surface area contributed by atoms with Crippen molar-refractivity contribution < 1.29 is 9.53 Å². The fraction of sp³-hybridized carbons (Fsp3) is 0.360. The summed E-state index contributed by atoms with van der Waals surface area (Å²) in [7, 11) is 0. The largest absolute Gasteiger partial charge is 0.493 e. The number of amides is 1. The van der Waals surface area contributed by atoms with Crippen LogP contribution >= 0.6 is 0 Å². The van der Waals surface area contributed by atoms with Crippen LogP contribution in [0, 0.1) is 0 Å². The lowest BCUT2D eigenvalue weighted by molar-refractivity contribution is -0.117. The predicted molar refractivity (Wildman–Crippen MR) is 122 cm³/mol. The molecule has 0 fully saturated rings. The highest BCUT2D eigenvalue weighted by Gasteiger charge is 2.17. The van der Waals surface area contributed by atoms with Gasteiger partial charge in [0.25, 0.3) is 0 Å². The standard InChI is InChI=1S/C25H31N3O2/c1-5-24(29)26-19(4)25-27-21-13-7-8-14-22(21)28(25)16-10-11-17-30-23-15-9-6-12-20(23)18(2)3/h5-9,12-15,18-19H,1,10-11,16-17H2,2-4H3,(H,26,29). The van der Waals surface area contributed by atoms with E-state index in [1.807, 2.05) is 37.3 Å². The Morgan fingerprint density at radius 3 is 2.63 bits per heavy atom. The monoisotopic (exact) mass is 405 g/mol. The van der Waals surface area contributed by atoms with Crippen LogP contribution in [0.15, 0.2) is 61.2 Å². The van der Waals surface area contributed by atoms with Crippen LogP contribution in [0.25, 0.3) is 11.0 Å². The zero-order valence-electron chi connectivity index (χ0n) is 18.1. The smallest absolute Gasteiger partial charge is 0.243 e. The maximum absolute atomic E-state index is 11.7. The lowest BCUT2D eigenvalue weighted by Gasteiger charge is -2.16. The van der Waals surface area contributed by atoms with E-state index < -0.39 is 0 Å². The molecule has 1 heterocycles. The number of ether oxygens (including phenoxy) is 1. The molecular weight excluding hydrogens is 374 g/mol. The van der Waals surface area contributed by atoms with Crippen molar-refractivity contribution in [3.8, 4) is 5.75 Å². The number of carbonyl (C=O) groups is 1. The SMILES string of the molecule is C=CC(=O)NC(C)c1nc2ccccc2n1CCCCOc1ccccc1C(C)C. The van der Waals surface area contributed by atoms with Crippen molar-refractivity contribution >= 4 is 16.9 Å². The zero-order chi connectivity index (χ0) is 21.5. The Kier molecular flexibility index (Phi) is 7.28. The molecule has 0 radical (unpaired) electrons. The first-order valence-electron chi connectivity index (χ1n) is 10.6. The van der Waals surface area contributed by atoms with Crippen molar-refractivity contribution in [2.24, 2.45) is 0 Å². The van der Waals surface area contributed by atoms with Gasteiger partial charge in [-0.3, -0.25) is 4.79 Å². The molecule has 158 valence electrons. The van der Waals surface area contributed by atoms with E-state index in [0.29, 0.717) is 12.5 Å². The molecule has 0 saturated carbocycles. The Morgan fingerprint density at radius 2 is 1.87 bits per heavy atom. The Bertz CT molecular complexity index is 1010. The van der Waals surface area contributed by atoms with Crippen LogP contribution in [0.1, 0.15) is 57.0 Å².